The molecule has 1 aliphatic heterocycles. The van der Waals surface area contributed by atoms with Crippen molar-refractivity contribution in [2.45, 2.75) is 12.5 Å². The molecule has 0 aliphatic carbocycles. The molecular formula is C18H14N2O2S. The molecule has 23 heavy (non-hydrogen) atoms. The zero-order valence-electron chi connectivity index (χ0n) is 12.3. The minimum Gasteiger partial charge on any atom is -0.463 e. The van der Waals surface area contributed by atoms with Crippen LogP contribution in [0.2, 0.25) is 0 Å². The van der Waals surface area contributed by atoms with Gasteiger partial charge in [-0.25, -0.2) is 5.01 Å². The van der Waals surface area contributed by atoms with Gasteiger partial charge in [-0.3, -0.25) is 4.79 Å². The maximum Gasteiger partial charge on any atom is 0.284 e. The van der Waals surface area contributed by atoms with Gasteiger partial charge >= 0.3 is 0 Å². The predicted molar refractivity (Wildman–Crippen MR) is 89.5 cm³/mol. The van der Waals surface area contributed by atoms with Crippen molar-refractivity contribution in [1.29, 1.82) is 0 Å². The Balaban J connectivity index is 1.72. The van der Waals surface area contributed by atoms with Crippen LogP contribution in [0.5, 0.6) is 0 Å². The first-order chi connectivity index (χ1) is 11.3. The average Bonchev–Trinajstić information content (AvgIpc) is 3.35. The van der Waals surface area contributed by atoms with Crippen LogP contribution < -0.4 is 0 Å². The van der Waals surface area contributed by atoms with Crippen molar-refractivity contribution in [3.05, 3.63) is 82.4 Å². The summed E-state index contributed by atoms with van der Waals surface area (Å²) in [5.74, 6) is 0.641. The van der Waals surface area contributed by atoms with Crippen molar-refractivity contribution < 1.29 is 9.21 Å². The standard InChI is InChI=1S/C18H14N2O2S/c21-18(17-9-5-11-23-17)20-15(13-6-2-1-3-7-13)12-14(19-20)16-8-4-10-22-16/h1-11,15H,12H2/t15-/m1/s1. The van der Waals surface area contributed by atoms with Gasteiger partial charge in [-0.05, 0) is 29.1 Å². The van der Waals surface area contributed by atoms with Crippen molar-refractivity contribution in [1.82, 2.24) is 5.01 Å². The van der Waals surface area contributed by atoms with E-state index in [0.29, 0.717) is 17.1 Å². The minimum absolute atomic E-state index is 0.0737. The number of carbonyl (C=O) groups is 1. The van der Waals surface area contributed by atoms with Crippen molar-refractivity contribution in [3.63, 3.8) is 0 Å². The monoisotopic (exact) mass is 322 g/mol. The highest BCUT2D eigenvalue weighted by Crippen LogP contribution is 2.34. The molecule has 1 aliphatic rings. The van der Waals surface area contributed by atoms with Crippen LogP contribution in [0.1, 0.15) is 33.5 Å². The van der Waals surface area contributed by atoms with E-state index in [2.05, 4.69) is 5.10 Å². The molecule has 1 aromatic carbocycles. The molecule has 0 saturated carbocycles. The zero-order valence-corrected chi connectivity index (χ0v) is 13.1. The second-order valence-electron chi connectivity index (χ2n) is 5.28. The van der Waals surface area contributed by atoms with Gasteiger partial charge in [0.15, 0.2) is 0 Å². The zero-order chi connectivity index (χ0) is 15.6. The summed E-state index contributed by atoms with van der Waals surface area (Å²) in [6.07, 6.45) is 2.27. The fraction of sp³-hybridized carbons (Fsp3) is 0.111. The lowest BCUT2D eigenvalue weighted by molar-refractivity contribution is 0.0716. The predicted octanol–water partition coefficient (Wildman–Crippen LogP) is 4.33. The first-order valence-corrected chi connectivity index (χ1v) is 8.24. The van der Waals surface area contributed by atoms with Crippen LogP contribution in [0.15, 0.2) is 75.8 Å². The summed E-state index contributed by atoms with van der Waals surface area (Å²) in [7, 11) is 0. The highest BCUT2D eigenvalue weighted by atomic mass is 32.1. The van der Waals surface area contributed by atoms with Gasteiger partial charge in [-0.1, -0.05) is 36.4 Å². The summed E-state index contributed by atoms with van der Waals surface area (Å²) in [5, 5.41) is 8.04. The maximum atomic E-state index is 12.8. The van der Waals surface area contributed by atoms with E-state index in [0.717, 1.165) is 11.3 Å². The summed E-state index contributed by atoms with van der Waals surface area (Å²) in [4.78, 5) is 13.5. The number of rotatable bonds is 3. The van der Waals surface area contributed by atoms with Crippen LogP contribution in [-0.2, 0) is 0 Å². The number of nitrogens with zero attached hydrogens (tertiary/aromatic N) is 2. The van der Waals surface area contributed by atoms with Crippen molar-refractivity contribution in [2.75, 3.05) is 0 Å². The number of hydrazone groups is 1. The quantitative estimate of drug-likeness (QED) is 0.720. The molecule has 0 radical (unpaired) electrons. The number of thiophene rings is 1. The molecule has 4 rings (SSSR count). The molecule has 0 spiro atoms. The number of furan rings is 1. The van der Waals surface area contributed by atoms with E-state index < -0.39 is 0 Å². The van der Waals surface area contributed by atoms with Crippen LogP contribution in [0, 0.1) is 0 Å². The molecule has 0 unspecified atom stereocenters. The van der Waals surface area contributed by atoms with E-state index in [1.54, 1.807) is 11.3 Å². The van der Waals surface area contributed by atoms with Gasteiger partial charge in [-0.2, -0.15) is 5.10 Å². The Kier molecular flexibility index (Phi) is 3.55. The van der Waals surface area contributed by atoms with Crippen LogP contribution in [0.25, 0.3) is 0 Å². The molecule has 1 atom stereocenters. The van der Waals surface area contributed by atoms with E-state index >= 15 is 0 Å². The van der Waals surface area contributed by atoms with E-state index in [1.807, 2.05) is 60.0 Å². The Labute approximate surface area is 137 Å². The SMILES string of the molecule is O=C(c1cccs1)N1N=C(c2ccco2)C[C@@H]1c1ccccc1. The highest BCUT2D eigenvalue weighted by molar-refractivity contribution is 7.12. The Morgan fingerprint density at radius 2 is 2.00 bits per heavy atom. The summed E-state index contributed by atoms with van der Waals surface area (Å²) < 4.78 is 5.45. The third-order valence-corrected chi connectivity index (χ3v) is 4.70. The summed E-state index contributed by atoms with van der Waals surface area (Å²) in [5.41, 5.74) is 1.87. The first-order valence-electron chi connectivity index (χ1n) is 7.36. The molecule has 5 heteroatoms. The lowest BCUT2D eigenvalue weighted by atomic mass is 10.0. The number of amides is 1. The Morgan fingerprint density at radius 1 is 1.13 bits per heavy atom. The molecular weight excluding hydrogens is 308 g/mol. The minimum atomic E-state index is -0.106. The van der Waals surface area contributed by atoms with E-state index in [4.69, 9.17) is 4.42 Å². The summed E-state index contributed by atoms with van der Waals surface area (Å²) >= 11 is 1.43. The van der Waals surface area contributed by atoms with E-state index in [9.17, 15) is 4.79 Å². The molecule has 2 aromatic heterocycles. The first kappa shape index (κ1) is 14.0. The van der Waals surface area contributed by atoms with Crippen LogP contribution in [0.3, 0.4) is 0 Å². The average molecular weight is 322 g/mol. The molecule has 0 fully saturated rings. The van der Waals surface area contributed by atoms with E-state index in [1.165, 1.54) is 11.3 Å². The van der Waals surface area contributed by atoms with Crippen molar-refractivity contribution in [2.24, 2.45) is 5.10 Å². The molecule has 0 saturated heterocycles. The fourth-order valence-corrected chi connectivity index (χ4v) is 3.39. The lowest BCUT2D eigenvalue weighted by Crippen LogP contribution is -2.26. The van der Waals surface area contributed by atoms with Gasteiger partial charge in [0.25, 0.3) is 5.91 Å². The van der Waals surface area contributed by atoms with Gasteiger partial charge in [0.2, 0.25) is 0 Å². The van der Waals surface area contributed by atoms with Gasteiger partial charge in [0.05, 0.1) is 17.2 Å². The molecule has 3 heterocycles. The van der Waals surface area contributed by atoms with Gasteiger partial charge in [-0.15, -0.1) is 11.3 Å². The van der Waals surface area contributed by atoms with Crippen LogP contribution in [0.4, 0.5) is 0 Å². The third-order valence-electron chi connectivity index (χ3n) is 3.84. The topological polar surface area (TPSA) is 45.8 Å². The van der Waals surface area contributed by atoms with Gasteiger partial charge < -0.3 is 4.42 Å². The number of hydrogen-bond acceptors (Lipinski definition) is 4. The summed E-state index contributed by atoms with van der Waals surface area (Å²) in [6, 6.07) is 17.3. The smallest absolute Gasteiger partial charge is 0.284 e. The number of benzene rings is 1. The Hall–Kier alpha value is -2.66. The summed E-state index contributed by atoms with van der Waals surface area (Å²) in [6.45, 7) is 0. The Bertz CT molecular complexity index is 823. The molecule has 0 bridgehead atoms. The molecule has 0 N–H and O–H groups in total. The van der Waals surface area contributed by atoms with Crippen LogP contribution in [-0.4, -0.2) is 16.6 Å². The lowest BCUT2D eigenvalue weighted by Gasteiger charge is -2.21. The Morgan fingerprint density at radius 3 is 2.70 bits per heavy atom. The normalized spacial score (nSPS) is 17.3. The van der Waals surface area contributed by atoms with Crippen LogP contribution >= 0.6 is 11.3 Å². The number of hydrogen-bond donors (Lipinski definition) is 0. The largest absolute Gasteiger partial charge is 0.463 e. The highest BCUT2D eigenvalue weighted by Gasteiger charge is 2.34. The molecule has 114 valence electrons. The number of carbonyl (C=O) groups excluding carboxylic acids is 1. The van der Waals surface area contributed by atoms with Crippen molar-refractivity contribution >= 4 is 23.0 Å². The molecule has 1 amide bonds. The van der Waals surface area contributed by atoms with E-state index in [-0.39, 0.29) is 11.9 Å². The molecule has 4 nitrogen and oxygen atoms in total. The molecule has 3 aromatic rings. The van der Waals surface area contributed by atoms with Gasteiger partial charge in [0.1, 0.15) is 11.5 Å². The third kappa shape index (κ3) is 2.59. The maximum absolute atomic E-state index is 12.8. The van der Waals surface area contributed by atoms with Crippen molar-refractivity contribution in [3.8, 4) is 0 Å². The van der Waals surface area contributed by atoms with Gasteiger partial charge in [0, 0.05) is 6.42 Å². The second kappa shape index (κ2) is 5.85. The fourth-order valence-electron chi connectivity index (χ4n) is 2.74. The second-order valence-corrected chi connectivity index (χ2v) is 6.23.